The molecule has 0 aromatic carbocycles. The smallest absolute Gasteiger partial charge is 0.196 e. The van der Waals surface area contributed by atoms with Crippen molar-refractivity contribution in [1.29, 1.82) is 5.26 Å². The third-order valence-electron chi connectivity index (χ3n) is 0.619. The van der Waals surface area contributed by atoms with Gasteiger partial charge in [-0.2, -0.15) is 5.26 Å². The highest BCUT2D eigenvalue weighted by atomic mass is 32.1. The zero-order valence-corrected chi connectivity index (χ0v) is 4.77. The molecule has 0 atom stereocenters. The summed E-state index contributed by atoms with van der Waals surface area (Å²) in [5.74, 6) is 0. The lowest BCUT2D eigenvalue weighted by Gasteiger charge is -1.68. The fraction of sp³-hybridized carbons (Fsp3) is 0. The molecule has 0 spiro atoms. The van der Waals surface area contributed by atoms with Gasteiger partial charge in [0.05, 0.1) is 6.20 Å². The van der Waals surface area contributed by atoms with Crippen LogP contribution in [0.15, 0.2) is 6.20 Å². The van der Waals surface area contributed by atoms with Gasteiger partial charge in [0.25, 0.3) is 0 Å². The Morgan fingerprint density at radius 3 is 2.88 bits per heavy atom. The Bertz CT molecular complexity index is 221. The molecule has 0 saturated carbocycles. The molecule has 0 aliphatic carbocycles. The van der Waals surface area contributed by atoms with Crippen LogP contribution in [0.5, 0.6) is 0 Å². The highest BCUT2D eigenvalue weighted by molar-refractivity contribution is 7.15. The van der Waals surface area contributed by atoms with Crippen LogP contribution in [0.25, 0.3) is 0 Å². The van der Waals surface area contributed by atoms with E-state index in [1.807, 2.05) is 6.07 Å². The predicted octanol–water partition coefficient (Wildman–Crippen LogP) is 0.597. The molecule has 1 aromatic heterocycles. The lowest BCUT2D eigenvalue weighted by atomic mass is 10.8. The summed E-state index contributed by atoms with van der Waals surface area (Å²) in [4.78, 5) is 3.67. The van der Waals surface area contributed by atoms with Gasteiger partial charge < -0.3 is 5.73 Å². The van der Waals surface area contributed by atoms with Crippen LogP contribution in [-0.2, 0) is 0 Å². The second-order valence-electron chi connectivity index (χ2n) is 1.18. The minimum atomic E-state index is 0.419. The predicted molar refractivity (Wildman–Crippen MR) is 31.2 cm³/mol. The molecule has 0 aliphatic heterocycles. The highest BCUT2D eigenvalue weighted by Gasteiger charge is 1.92. The molecule has 1 aromatic rings. The van der Waals surface area contributed by atoms with E-state index in [2.05, 4.69) is 4.98 Å². The Kier molecular flexibility index (Phi) is 1.14. The van der Waals surface area contributed by atoms with E-state index in [1.54, 1.807) is 0 Å². The minimum absolute atomic E-state index is 0.419. The van der Waals surface area contributed by atoms with Gasteiger partial charge in [-0.25, -0.2) is 4.98 Å². The number of nitrogens with zero attached hydrogens (tertiary/aromatic N) is 2. The van der Waals surface area contributed by atoms with Crippen LogP contribution in [0.2, 0.25) is 0 Å². The molecule has 1 heterocycles. The van der Waals surface area contributed by atoms with E-state index in [9.17, 15) is 0 Å². The van der Waals surface area contributed by atoms with E-state index in [4.69, 9.17) is 11.0 Å². The summed E-state index contributed by atoms with van der Waals surface area (Å²) in [5, 5.41) is 9.20. The first-order chi connectivity index (χ1) is 3.83. The fourth-order valence-corrected chi connectivity index (χ4v) is 0.818. The van der Waals surface area contributed by atoms with Crippen molar-refractivity contribution in [3.05, 3.63) is 11.2 Å². The summed E-state index contributed by atoms with van der Waals surface area (Å²) in [6.07, 6.45) is 1.48. The Morgan fingerprint density at radius 1 is 1.88 bits per heavy atom. The number of thiazole rings is 1. The van der Waals surface area contributed by atoms with Crippen molar-refractivity contribution >= 4 is 16.3 Å². The van der Waals surface area contributed by atoms with Crippen molar-refractivity contribution < 1.29 is 0 Å². The van der Waals surface area contributed by atoms with Crippen LogP contribution in [0.1, 0.15) is 5.01 Å². The van der Waals surface area contributed by atoms with Crippen molar-refractivity contribution in [2.75, 3.05) is 5.73 Å². The summed E-state index contributed by atoms with van der Waals surface area (Å²) in [5.41, 5.74) is 5.26. The zero-order chi connectivity index (χ0) is 5.98. The molecule has 2 N–H and O–H groups in total. The van der Waals surface area contributed by atoms with Crippen molar-refractivity contribution in [1.82, 2.24) is 4.98 Å². The van der Waals surface area contributed by atoms with Gasteiger partial charge in [-0.3, -0.25) is 0 Å². The molecule has 0 bridgehead atoms. The van der Waals surface area contributed by atoms with E-state index in [0.717, 1.165) is 0 Å². The number of rotatable bonds is 0. The quantitative estimate of drug-likeness (QED) is 0.552. The normalized spacial score (nSPS) is 8.38. The molecule has 3 nitrogen and oxygen atoms in total. The maximum Gasteiger partial charge on any atom is 0.196 e. The molecule has 8 heavy (non-hydrogen) atoms. The number of nitriles is 1. The largest absolute Gasteiger partial charge is 0.389 e. The molecule has 0 unspecified atom stereocenters. The number of nitrogens with two attached hydrogens (primary N) is 1. The first kappa shape index (κ1) is 5.06. The third-order valence-corrected chi connectivity index (χ3v) is 1.35. The third kappa shape index (κ3) is 0.768. The van der Waals surface area contributed by atoms with E-state index in [1.165, 1.54) is 17.5 Å². The summed E-state index contributed by atoms with van der Waals surface area (Å²) in [6.45, 7) is 0. The second kappa shape index (κ2) is 1.80. The van der Waals surface area contributed by atoms with Gasteiger partial charge in [0.1, 0.15) is 11.1 Å². The second-order valence-corrected chi connectivity index (χ2v) is 2.24. The average Bonchev–Trinajstić information content (AvgIpc) is 2.14. The molecule has 1 rings (SSSR count). The minimum Gasteiger partial charge on any atom is -0.389 e. The molecular formula is C4H3N3S. The van der Waals surface area contributed by atoms with Gasteiger partial charge in [0.2, 0.25) is 0 Å². The monoisotopic (exact) mass is 125 g/mol. The maximum absolute atomic E-state index is 8.19. The lowest BCUT2D eigenvalue weighted by Crippen LogP contribution is -1.73. The topological polar surface area (TPSA) is 62.7 Å². The van der Waals surface area contributed by atoms with Gasteiger partial charge in [-0.1, -0.05) is 11.3 Å². The number of anilines is 1. The van der Waals surface area contributed by atoms with Crippen LogP contribution in [-0.4, -0.2) is 4.98 Å². The summed E-state index contributed by atoms with van der Waals surface area (Å²) >= 11 is 1.19. The van der Waals surface area contributed by atoms with E-state index >= 15 is 0 Å². The zero-order valence-electron chi connectivity index (χ0n) is 3.96. The summed E-state index contributed by atoms with van der Waals surface area (Å²) in [7, 11) is 0. The first-order valence-electron chi connectivity index (χ1n) is 1.94. The Labute approximate surface area is 50.4 Å². The van der Waals surface area contributed by atoms with Crippen molar-refractivity contribution in [3.8, 4) is 6.07 Å². The summed E-state index contributed by atoms with van der Waals surface area (Å²) in [6, 6.07) is 1.88. The fourth-order valence-electron chi connectivity index (χ4n) is 0.338. The molecule has 0 radical (unpaired) electrons. The van der Waals surface area contributed by atoms with Crippen LogP contribution in [0.3, 0.4) is 0 Å². The highest BCUT2D eigenvalue weighted by Crippen LogP contribution is 2.11. The molecule has 4 heteroatoms. The van der Waals surface area contributed by atoms with Gasteiger partial charge in [0, 0.05) is 0 Å². The molecule has 0 saturated heterocycles. The maximum atomic E-state index is 8.19. The Morgan fingerprint density at radius 2 is 2.62 bits per heavy atom. The van der Waals surface area contributed by atoms with Gasteiger partial charge in [0.15, 0.2) is 5.01 Å². The van der Waals surface area contributed by atoms with Crippen LogP contribution in [0, 0.1) is 11.3 Å². The van der Waals surface area contributed by atoms with Crippen LogP contribution >= 0.6 is 11.3 Å². The average molecular weight is 125 g/mol. The lowest BCUT2D eigenvalue weighted by molar-refractivity contribution is 1.35. The number of hydrogen-bond donors (Lipinski definition) is 1. The molecule has 0 aliphatic rings. The molecule has 0 amide bonds. The van der Waals surface area contributed by atoms with Crippen LogP contribution < -0.4 is 5.73 Å². The Balaban J connectivity index is 3.05. The number of hydrogen-bond acceptors (Lipinski definition) is 4. The SMILES string of the molecule is N#Cc1ncc(N)s1. The van der Waals surface area contributed by atoms with Gasteiger partial charge in [-0.15, -0.1) is 0 Å². The van der Waals surface area contributed by atoms with Crippen molar-refractivity contribution in [3.63, 3.8) is 0 Å². The Hall–Kier alpha value is -1.08. The first-order valence-corrected chi connectivity index (χ1v) is 2.76. The molecular weight excluding hydrogens is 122 g/mol. The van der Waals surface area contributed by atoms with Crippen molar-refractivity contribution in [2.45, 2.75) is 0 Å². The van der Waals surface area contributed by atoms with Gasteiger partial charge >= 0.3 is 0 Å². The standard InChI is InChI=1S/C4H3N3S/c5-1-4-7-2-3(6)8-4/h2H,6H2. The van der Waals surface area contributed by atoms with Crippen LogP contribution in [0.4, 0.5) is 5.00 Å². The molecule has 0 fully saturated rings. The van der Waals surface area contributed by atoms with Gasteiger partial charge in [-0.05, 0) is 0 Å². The van der Waals surface area contributed by atoms with E-state index in [-0.39, 0.29) is 0 Å². The van der Waals surface area contributed by atoms with E-state index in [0.29, 0.717) is 10.0 Å². The van der Waals surface area contributed by atoms with E-state index < -0.39 is 0 Å². The molecule has 40 valence electrons. The number of nitrogen functional groups attached to an aromatic ring is 1. The number of aromatic nitrogens is 1. The van der Waals surface area contributed by atoms with Crippen molar-refractivity contribution in [2.24, 2.45) is 0 Å². The summed E-state index contributed by atoms with van der Waals surface area (Å²) < 4.78 is 0.